The molecule has 0 saturated carbocycles. The summed E-state index contributed by atoms with van der Waals surface area (Å²) in [6.07, 6.45) is -3.22. The van der Waals surface area contributed by atoms with E-state index in [2.05, 4.69) is 43.8 Å². The van der Waals surface area contributed by atoms with Crippen LogP contribution in [0.2, 0.25) is 0 Å². The van der Waals surface area contributed by atoms with E-state index in [0.29, 0.717) is 27.2 Å². The van der Waals surface area contributed by atoms with Crippen molar-refractivity contribution in [1.29, 1.82) is 5.26 Å². The highest BCUT2D eigenvalue weighted by Gasteiger charge is 2.30. The second-order valence-electron chi connectivity index (χ2n) is 7.35. The molecule has 0 aliphatic heterocycles. The summed E-state index contributed by atoms with van der Waals surface area (Å²) in [5.74, 6) is 0.106. The van der Waals surface area contributed by atoms with Gasteiger partial charge >= 0.3 is 6.18 Å². The lowest BCUT2D eigenvalue weighted by molar-refractivity contribution is -0.137. The molecule has 186 valence electrons. The first-order valence-electron chi connectivity index (χ1n) is 10.5. The number of amides is 1. The molecule has 3 aromatic carbocycles. The van der Waals surface area contributed by atoms with Crippen molar-refractivity contribution in [2.24, 2.45) is 0 Å². The molecule has 0 saturated heterocycles. The van der Waals surface area contributed by atoms with E-state index in [1.165, 1.54) is 18.2 Å². The molecular weight excluding hydrogens is 652 g/mol. The summed E-state index contributed by atoms with van der Waals surface area (Å²) < 4.78 is 52.2. The lowest BCUT2D eigenvalue weighted by Gasteiger charge is -2.15. The zero-order valence-corrected chi connectivity index (χ0v) is 22.6. The van der Waals surface area contributed by atoms with Crippen LogP contribution in [0.15, 0.2) is 70.7 Å². The molecule has 0 heterocycles. The first-order valence-corrected chi connectivity index (χ1v) is 12.4. The number of ether oxygens (including phenoxy) is 2. The topological polar surface area (TPSA) is 71.3 Å². The third-order valence-electron chi connectivity index (χ3n) is 4.79. The Kier molecular flexibility index (Phi) is 9.39. The molecule has 3 rings (SSSR count). The number of anilines is 1. The number of carbonyl (C=O) groups is 1. The molecular formula is C26H19BrF3IN2O3. The van der Waals surface area contributed by atoms with Gasteiger partial charge < -0.3 is 14.8 Å². The van der Waals surface area contributed by atoms with Crippen LogP contribution in [0.25, 0.3) is 6.08 Å². The molecule has 0 spiro atoms. The standard InChI is InChI=1S/C26H19BrF3IN2O3/c1-2-35-23-12-16(11-22(31)24(23)36-15-17-6-3-4-9-21(17)27)10-18(14-32)25(34)33-20-8-5-7-19(13-20)26(28,29)30/h3-13H,2,15H2,1H3,(H,33,34)/b18-10+. The van der Waals surface area contributed by atoms with Crippen molar-refractivity contribution in [2.75, 3.05) is 11.9 Å². The van der Waals surface area contributed by atoms with E-state index in [0.717, 1.165) is 22.2 Å². The Bertz CT molecular complexity index is 1340. The summed E-state index contributed by atoms with van der Waals surface area (Å²) in [5.41, 5.74) is 0.172. The average molecular weight is 671 g/mol. The van der Waals surface area contributed by atoms with E-state index in [1.54, 1.807) is 18.2 Å². The van der Waals surface area contributed by atoms with Crippen molar-refractivity contribution in [2.45, 2.75) is 19.7 Å². The fourth-order valence-electron chi connectivity index (χ4n) is 3.13. The van der Waals surface area contributed by atoms with Crippen LogP contribution in [-0.2, 0) is 17.6 Å². The lowest BCUT2D eigenvalue weighted by atomic mass is 10.1. The fourth-order valence-corrected chi connectivity index (χ4v) is 4.31. The Morgan fingerprint density at radius 3 is 2.56 bits per heavy atom. The number of carbonyl (C=O) groups excluding carboxylic acids is 1. The van der Waals surface area contributed by atoms with Gasteiger partial charge in [-0.2, -0.15) is 18.4 Å². The molecule has 0 fully saturated rings. The van der Waals surface area contributed by atoms with Gasteiger partial charge in [-0.05, 0) is 77.6 Å². The number of hydrogen-bond donors (Lipinski definition) is 1. The molecule has 0 bridgehead atoms. The fraction of sp³-hybridized carbons (Fsp3) is 0.154. The Hall–Kier alpha value is -3.04. The number of alkyl halides is 3. The van der Waals surface area contributed by atoms with Crippen LogP contribution in [0.4, 0.5) is 18.9 Å². The molecule has 1 N–H and O–H groups in total. The number of rotatable bonds is 8. The Balaban J connectivity index is 1.85. The van der Waals surface area contributed by atoms with Crippen LogP contribution < -0.4 is 14.8 Å². The molecule has 0 radical (unpaired) electrons. The quantitative estimate of drug-likeness (QED) is 0.152. The van der Waals surface area contributed by atoms with E-state index >= 15 is 0 Å². The Morgan fingerprint density at radius 2 is 1.89 bits per heavy atom. The number of hydrogen-bond acceptors (Lipinski definition) is 4. The SMILES string of the molecule is CCOc1cc(/C=C(\C#N)C(=O)Nc2cccc(C(F)(F)F)c2)cc(I)c1OCc1ccccc1Br. The van der Waals surface area contributed by atoms with E-state index in [4.69, 9.17) is 9.47 Å². The van der Waals surface area contributed by atoms with Gasteiger partial charge in [0.1, 0.15) is 18.2 Å². The van der Waals surface area contributed by atoms with E-state index in [9.17, 15) is 23.2 Å². The van der Waals surface area contributed by atoms with Crippen molar-refractivity contribution in [3.63, 3.8) is 0 Å². The molecule has 10 heteroatoms. The molecule has 0 aliphatic rings. The minimum absolute atomic E-state index is 0.0728. The Labute approximate surface area is 228 Å². The average Bonchev–Trinajstić information content (AvgIpc) is 2.83. The van der Waals surface area contributed by atoms with Crippen molar-refractivity contribution in [3.8, 4) is 17.6 Å². The van der Waals surface area contributed by atoms with Crippen molar-refractivity contribution in [3.05, 3.63) is 91.0 Å². The zero-order chi connectivity index (χ0) is 26.3. The molecule has 3 aromatic rings. The zero-order valence-electron chi connectivity index (χ0n) is 18.8. The summed E-state index contributed by atoms with van der Waals surface area (Å²) in [6, 6.07) is 17.0. The van der Waals surface area contributed by atoms with Gasteiger partial charge in [0.05, 0.1) is 15.7 Å². The number of nitriles is 1. The molecule has 5 nitrogen and oxygen atoms in total. The van der Waals surface area contributed by atoms with Crippen LogP contribution in [0.5, 0.6) is 11.5 Å². The van der Waals surface area contributed by atoms with Gasteiger partial charge in [0.15, 0.2) is 11.5 Å². The van der Waals surface area contributed by atoms with Gasteiger partial charge in [0, 0.05) is 15.7 Å². The summed E-state index contributed by atoms with van der Waals surface area (Å²) in [7, 11) is 0. The summed E-state index contributed by atoms with van der Waals surface area (Å²) >= 11 is 5.56. The first kappa shape index (κ1) is 27.5. The van der Waals surface area contributed by atoms with Crippen LogP contribution in [-0.4, -0.2) is 12.5 Å². The highest BCUT2D eigenvalue weighted by molar-refractivity contribution is 14.1. The predicted molar refractivity (Wildman–Crippen MR) is 142 cm³/mol. The van der Waals surface area contributed by atoms with Crippen LogP contribution >= 0.6 is 38.5 Å². The minimum Gasteiger partial charge on any atom is -0.490 e. The van der Waals surface area contributed by atoms with Crippen molar-refractivity contribution >= 4 is 56.2 Å². The molecule has 0 unspecified atom stereocenters. The monoisotopic (exact) mass is 670 g/mol. The normalized spacial score (nSPS) is 11.5. The van der Waals surface area contributed by atoms with Gasteiger partial charge in [-0.1, -0.05) is 40.2 Å². The summed E-state index contributed by atoms with van der Waals surface area (Å²) in [4.78, 5) is 12.6. The van der Waals surface area contributed by atoms with Crippen LogP contribution in [0, 0.1) is 14.9 Å². The van der Waals surface area contributed by atoms with E-state index in [-0.39, 0.29) is 17.9 Å². The largest absolute Gasteiger partial charge is 0.490 e. The number of nitrogens with one attached hydrogen (secondary N) is 1. The van der Waals surface area contributed by atoms with Crippen LogP contribution in [0.1, 0.15) is 23.6 Å². The lowest BCUT2D eigenvalue weighted by Crippen LogP contribution is -2.14. The van der Waals surface area contributed by atoms with E-state index in [1.807, 2.05) is 31.2 Å². The second-order valence-corrected chi connectivity index (χ2v) is 9.36. The highest BCUT2D eigenvalue weighted by atomic mass is 127. The Morgan fingerprint density at radius 1 is 1.14 bits per heavy atom. The van der Waals surface area contributed by atoms with Crippen molar-refractivity contribution < 1.29 is 27.4 Å². The van der Waals surface area contributed by atoms with Gasteiger partial charge in [-0.25, -0.2) is 0 Å². The van der Waals surface area contributed by atoms with Gasteiger partial charge in [0.25, 0.3) is 5.91 Å². The molecule has 36 heavy (non-hydrogen) atoms. The first-order chi connectivity index (χ1) is 17.1. The number of nitrogens with zero attached hydrogens (tertiary/aromatic N) is 1. The number of halogens is 5. The van der Waals surface area contributed by atoms with Gasteiger partial charge in [0.2, 0.25) is 0 Å². The molecule has 0 atom stereocenters. The second kappa shape index (κ2) is 12.3. The number of benzene rings is 3. The van der Waals surface area contributed by atoms with Gasteiger partial charge in [-0.15, -0.1) is 0 Å². The van der Waals surface area contributed by atoms with Crippen molar-refractivity contribution in [1.82, 2.24) is 0 Å². The third kappa shape index (κ3) is 7.24. The molecule has 0 aliphatic carbocycles. The summed E-state index contributed by atoms with van der Waals surface area (Å²) in [5, 5.41) is 11.9. The predicted octanol–water partition coefficient (Wildman–Crippen LogP) is 7.60. The van der Waals surface area contributed by atoms with Gasteiger partial charge in [-0.3, -0.25) is 4.79 Å². The molecule has 0 aromatic heterocycles. The van der Waals surface area contributed by atoms with E-state index < -0.39 is 17.6 Å². The highest BCUT2D eigenvalue weighted by Crippen LogP contribution is 2.36. The van der Waals surface area contributed by atoms with Crippen LogP contribution in [0.3, 0.4) is 0 Å². The summed E-state index contributed by atoms with van der Waals surface area (Å²) in [6.45, 7) is 2.46. The third-order valence-corrected chi connectivity index (χ3v) is 6.36. The maximum Gasteiger partial charge on any atom is 0.416 e. The maximum absolute atomic E-state index is 13.0. The smallest absolute Gasteiger partial charge is 0.416 e. The molecule has 1 amide bonds. The minimum atomic E-state index is -4.55. The maximum atomic E-state index is 13.0.